The molecule has 0 spiro atoms. The molecule has 0 unspecified atom stereocenters. The van der Waals surface area contributed by atoms with Crippen molar-refractivity contribution in [2.45, 2.75) is 18.9 Å². The lowest BCUT2D eigenvalue weighted by Gasteiger charge is -2.24. The molecule has 1 fully saturated rings. The summed E-state index contributed by atoms with van der Waals surface area (Å²) in [5.41, 5.74) is 1.57. The summed E-state index contributed by atoms with van der Waals surface area (Å²) in [6.45, 7) is 0. The average Bonchev–Trinajstić information content (AvgIpc) is 2.98. The van der Waals surface area contributed by atoms with Gasteiger partial charge < -0.3 is 14.6 Å². The number of ether oxygens (including phenoxy) is 2. The molecule has 7 heteroatoms. The van der Waals surface area contributed by atoms with E-state index in [0.717, 1.165) is 35.7 Å². The molecule has 24 heavy (non-hydrogen) atoms. The van der Waals surface area contributed by atoms with E-state index in [9.17, 15) is 4.79 Å². The minimum absolute atomic E-state index is 0.0199. The van der Waals surface area contributed by atoms with Crippen molar-refractivity contribution < 1.29 is 19.4 Å². The number of aromatic nitrogens is 2. The summed E-state index contributed by atoms with van der Waals surface area (Å²) in [6.07, 6.45) is 2.31. The first-order valence-corrected chi connectivity index (χ1v) is 8.94. The maximum atomic E-state index is 11.1. The molecule has 1 aromatic heterocycles. The fraction of sp³-hybridized carbons (Fsp3) is 0.412. The van der Waals surface area contributed by atoms with Crippen LogP contribution >= 0.6 is 11.8 Å². The number of carboxylic acid groups (broad SMARTS) is 1. The molecule has 0 radical (unpaired) electrons. The number of thioether (sulfide) groups is 1. The molecule has 0 amide bonds. The van der Waals surface area contributed by atoms with Crippen molar-refractivity contribution in [1.29, 1.82) is 0 Å². The van der Waals surface area contributed by atoms with E-state index in [0.29, 0.717) is 11.4 Å². The molecule has 1 saturated heterocycles. The molecule has 2 aromatic rings. The highest BCUT2D eigenvalue weighted by molar-refractivity contribution is 7.99. The molecular weight excluding hydrogens is 328 g/mol. The molecule has 2 heterocycles. The van der Waals surface area contributed by atoms with Crippen molar-refractivity contribution in [2.75, 3.05) is 18.6 Å². The van der Waals surface area contributed by atoms with Gasteiger partial charge in [-0.1, -0.05) is 0 Å². The van der Waals surface area contributed by atoms with Gasteiger partial charge >= 0.3 is 5.97 Å². The van der Waals surface area contributed by atoms with Gasteiger partial charge in [0.25, 0.3) is 0 Å². The second kappa shape index (κ2) is 7.17. The molecule has 0 atom stereocenters. The highest BCUT2D eigenvalue weighted by Gasteiger charge is 2.19. The number of methoxy groups -OCH3 is 1. The van der Waals surface area contributed by atoms with E-state index in [2.05, 4.69) is 5.10 Å². The number of hydrogen-bond donors (Lipinski definition) is 1. The molecule has 0 aliphatic carbocycles. The SMILES string of the molecule is COc1cc(-c2cc(C(=O)O)nn2C)ccc1OC1CCSCC1. The summed E-state index contributed by atoms with van der Waals surface area (Å²) >= 11 is 1.96. The van der Waals surface area contributed by atoms with Crippen LogP contribution in [0.2, 0.25) is 0 Å². The van der Waals surface area contributed by atoms with Gasteiger partial charge in [0, 0.05) is 12.6 Å². The van der Waals surface area contributed by atoms with Gasteiger partial charge in [0.2, 0.25) is 0 Å². The first-order chi connectivity index (χ1) is 11.6. The van der Waals surface area contributed by atoms with Crippen LogP contribution in [0, 0.1) is 0 Å². The van der Waals surface area contributed by atoms with Gasteiger partial charge in [-0.05, 0) is 48.6 Å². The van der Waals surface area contributed by atoms with Crippen LogP contribution in [-0.4, -0.2) is 45.6 Å². The Labute approximate surface area is 144 Å². The number of benzene rings is 1. The summed E-state index contributed by atoms with van der Waals surface area (Å²) in [5.74, 6) is 2.57. The predicted molar refractivity (Wildman–Crippen MR) is 93.1 cm³/mol. The van der Waals surface area contributed by atoms with E-state index in [1.165, 1.54) is 0 Å². The van der Waals surface area contributed by atoms with Gasteiger partial charge in [0.15, 0.2) is 17.2 Å². The molecule has 1 aliphatic rings. The van der Waals surface area contributed by atoms with E-state index < -0.39 is 5.97 Å². The van der Waals surface area contributed by atoms with Crippen LogP contribution in [0.4, 0.5) is 0 Å². The molecule has 0 saturated carbocycles. The van der Waals surface area contributed by atoms with E-state index in [4.69, 9.17) is 14.6 Å². The number of carbonyl (C=O) groups is 1. The monoisotopic (exact) mass is 348 g/mol. The molecule has 3 rings (SSSR count). The largest absolute Gasteiger partial charge is 0.493 e. The minimum Gasteiger partial charge on any atom is -0.493 e. The van der Waals surface area contributed by atoms with Crippen LogP contribution in [0.5, 0.6) is 11.5 Å². The average molecular weight is 348 g/mol. The van der Waals surface area contributed by atoms with E-state index >= 15 is 0 Å². The molecule has 0 bridgehead atoms. The third kappa shape index (κ3) is 3.51. The van der Waals surface area contributed by atoms with Gasteiger partial charge in [0.05, 0.1) is 12.8 Å². The van der Waals surface area contributed by atoms with Crippen molar-refractivity contribution in [3.63, 3.8) is 0 Å². The van der Waals surface area contributed by atoms with Crippen molar-refractivity contribution in [3.05, 3.63) is 30.0 Å². The Morgan fingerprint density at radius 1 is 1.29 bits per heavy atom. The Morgan fingerprint density at radius 3 is 2.67 bits per heavy atom. The van der Waals surface area contributed by atoms with Gasteiger partial charge in [-0.25, -0.2) is 4.79 Å². The van der Waals surface area contributed by atoms with E-state index in [1.807, 2.05) is 30.0 Å². The van der Waals surface area contributed by atoms with Crippen molar-refractivity contribution in [3.8, 4) is 22.8 Å². The number of rotatable bonds is 5. The maximum absolute atomic E-state index is 11.1. The van der Waals surface area contributed by atoms with Crippen molar-refractivity contribution in [2.24, 2.45) is 7.05 Å². The first-order valence-electron chi connectivity index (χ1n) is 7.78. The molecule has 1 N–H and O–H groups in total. The molecule has 6 nitrogen and oxygen atoms in total. The highest BCUT2D eigenvalue weighted by Crippen LogP contribution is 2.34. The normalized spacial score (nSPS) is 15.2. The summed E-state index contributed by atoms with van der Waals surface area (Å²) in [6, 6.07) is 7.19. The zero-order chi connectivity index (χ0) is 17.1. The fourth-order valence-electron chi connectivity index (χ4n) is 2.74. The van der Waals surface area contributed by atoms with E-state index in [-0.39, 0.29) is 11.8 Å². The smallest absolute Gasteiger partial charge is 0.356 e. The third-order valence-electron chi connectivity index (χ3n) is 4.02. The van der Waals surface area contributed by atoms with E-state index in [1.54, 1.807) is 24.9 Å². The minimum atomic E-state index is -1.04. The summed E-state index contributed by atoms with van der Waals surface area (Å²) in [5, 5.41) is 13.1. The Balaban J connectivity index is 1.87. The number of carboxylic acids is 1. The van der Waals surface area contributed by atoms with Crippen LogP contribution in [0.15, 0.2) is 24.3 Å². The number of hydrogen-bond acceptors (Lipinski definition) is 5. The van der Waals surface area contributed by atoms with Crippen LogP contribution in [0.1, 0.15) is 23.3 Å². The lowest BCUT2D eigenvalue weighted by Crippen LogP contribution is -2.22. The van der Waals surface area contributed by atoms with Crippen LogP contribution in [0.25, 0.3) is 11.3 Å². The predicted octanol–water partition coefficient (Wildman–Crippen LogP) is 3.07. The van der Waals surface area contributed by atoms with Crippen molar-refractivity contribution in [1.82, 2.24) is 9.78 Å². The quantitative estimate of drug-likeness (QED) is 0.895. The van der Waals surface area contributed by atoms with Gasteiger partial charge in [-0.3, -0.25) is 4.68 Å². The lowest BCUT2D eigenvalue weighted by molar-refractivity contribution is 0.0689. The third-order valence-corrected chi connectivity index (χ3v) is 5.07. The maximum Gasteiger partial charge on any atom is 0.356 e. The number of aromatic carboxylic acids is 1. The number of aryl methyl sites for hydroxylation is 1. The van der Waals surface area contributed by atoms with Crippen LogP contribution in [-0.2, 0) is 7.05 Å². The Kier molecular flexibility index (Phi) is 4.99. The van der Waals surface area contributed by atoms with Crippen LogP contribution < -0.4 is 9.47 Å². The molecule has 1 aromatic carbocycles. The second-order valence-electron chi connectivity index (χ2n) is 5.64. The van der Waals surface area contributed by atoms with Gasteiger partial charge in [-0.2, -0.15) is 16.9 Å². The van der Waals surface area contributed by atoms with Crippen LogP contribution in [0.3, 0.4) is 0 Å². The number of nitrogens with zero attached hydrogens (tertiary/aromatic N) is 2. The lowest BCUT2D eigenvalue weighted by atomic mass is 10.1. The van der Waals surface area contributed by atoms with Crippen molar-refractivity contribution >= 4 is 17.7 Å². The Morgan fingerprint density at radius 2 is 2.04 bits per heavy atom. The second-order valence-corrected chi connectivity index (χ2v) is 6.86. The topological polar surface area (TPSA) is 73.6 Å². The van der Waals surface area contributed by atoms with Gasteiger partial charge in [0.1, 0.15) is 6.10 Å². The summed E-state index contributed by atoms with van der Waals surface area (Å²) < 4.78 is 13.1. The molecule has 128 valence electrons. The zero-order valence-electron chi connectivity index (χ0n) is 13.7. The Bertz CT molecular complexity index is 738. The Hall–Kier alpha value is -2.15. The van der Waals surface area contributed by atoms with Gasteiger partial charge in [-0.15, -0.1) is 0 Å². The summed E-state index contributed by atoms with van der Waals surface area (Å²) in [7, 11) is 3.33. The molecular formula is C17H20N2O4S. The summed E-state index contributed by atoms with van der Waals surface area (Å²) in [4.78, 5) is 11.1. The first kappa shape index (κ1) is 16.7. The standard InChI is InChI=1S/C17H20N2O4S/c1-19-14(10-13(18-19)17(20)21)11-3-4-15(16(9-11)22-2)23-12-5-7-24-8-6-12/h3-4,9-10,12H,5-8H2,1-2H3,(H,20,21). The highest BCUT2D eigenvalue weighted by atomic mass is 32.2. The zero-order valence-corrected chi connectivity index (χ0v) is 14.5. The molecule has 1 aliphatic heterocycles. The fourth-order valence-corrected chi connectivity index (χ4v) is 3.80.